The van der Waals surface area contributed by atoms with Crippen LogP contribution in [0.3, 0.4) is 0 Å². The third kappa shape index (κ3) is 3.68. The largest absolute Gasteiger partial charge is 0.243 e. The molecule has 124 valence electrons. The molecule has 0 bridgehead atoms. The van der Waals surface area contributed by atoms with Crippen molar-refractivity contribution in [3.63, 3.8) is 0 Å². The molecule has 0 radical (unpaired) electrons. The highest BCUT2D eigenvalue weighted by Gasteiger charge is 2.32. The summed E-state index contributed by atoms with van der Waals surface area (Å²) in [6.07, 6.45) is 2.19. The average molecular weight is 346 g/mol. The summed E-state index contributed by atoms with van der Waals surface area (Å²) in [7, 11) is -5.20. The maximum Gasteiger partial charge on any atom is 0.243 e. The van der Waals surface area contributed by atoms with Gasteiger partial charge in [-0.05, 0) is 31.9 Å². The van der Waals surface area contributed by atoms with E-state index in [0.29, 0.717) is 25.9 Å². The first-order valence-electron chi connectivity index (χ1n) is 7.12. The van der Waals surface area contributed by atoms with Gasteiger partial charge in [-0.2, -0.15) is 4.31 Å². The zero-order valence-electron chi connectivity index (χ0n) is 13.1. The zero-order chi connectivity index (χ0) is 16.5. The maximum absolute atomic E-state index is 12.6. The molecule has 1 fully saturated rings. The number of hydrogen-bond donors (Lipinski definition) is 0. The Hall–Kier alpha value is -0.960. The fraction of sp³-hybridized carbons (Fsp3) is 0.571. The lowest BCUT2D eigenvalue weighted by Gasteiger charge is -2.34. The molecule has 0 aromatic heterocycles. The second kappa shape index (κ2) is 6.27. The molecule has 0 spiro atoms. The third-order valence-electron chi connectivity index (χ3n) is 4.12. The SMILES string of the molecule is Cc1ccc(S(=O)(=O)N2CCC(N(C)S(C)(=O)=O)CC2)cc1. The van der Waals surface area contributed by atoms with Crippen molar-refractivity contribution >= 4 is 20.0 Å². The van der Waals surface area contributed by atoms with E-state index in [0.717, 1.165) is 5.56 Å². The lowest BCUT2D eigenvalue weighted by molar-refractivity contribution is 0.239. The van der Waals surface area contributed by atoms with Crippen molar-refractivity contribution < 1.29 is 16.8 Å². The van der Waals surface area contributed by atoms with E-state index in [1.165, 1.54) is 14.9 Å². The first kappa shape index (κ1) is 17.4. The molecular formula is C14H22N2O4S2. The second-order valence-electron chi connectivity index (χ2n) is 5.73. The van der Waals surface area contributed by atoms with Gasteiger partial charge in [0.2, 0.25) is 20.0 Å². The van der Waals surface area contributed by atoms with E-state index < -0.39 is 20.0 Å². The summed E-state index contributed by atoms with van der Waals surface area (Å²) in [5.74, 6) is 0. The molecule has 2 rings (SSSR count). The minimum absolute atomic E-state index is 0.139. The molecule has 1 aliphatic rings. The zero-order valence-corrected chi connectivity index (χ0v) is 14.7. The van der Waals surface area contributed by atoms with Gasteiger partial charge in [-0.15, -0.1) is 0 Å². The second-order valence-corrected chi connectivity index (χ2v) is 9.71. The van der Waals surface area contributed by atoms with Gasteiger partial charge < -0.3 is 0 Å². The van der Waals surface area contributed by atoms with E-state index in [2.05, 4.69) is 0 Å². The Morgan fingerprint density at radius 3 is 2.00 bits per heavy atom. The molecule has 0 N–H and O–H groups in total. The topological polar surface area (TPSA) is 74.8 Å². The smallest absolute Gasteiger partial charge is 0.213 e. The average Bonchev–Trinajstić information content (AvgIpc) is 2.46. The van der Waals surface area contributed by atoms with E-state index in [9.17, 15) is 16.8 Å². The monoisotopic (exact) mass is 346 g/mol. The number of piperidine rings is 1. The van der Waals surface area contributed by atoms with Crippen LogP contribution in [0, 0.1) is 6.92 Å². The lowest BCUT2D eigenvalue weighted by atomic mass is 10.1. The molecule has 1 aromatic rings. The van der Waals surface area contributed by atoms with Crippen molar-refractivity contribution in [2.45, 2.75) is 30.7 Å². The van der Waals surface area contributed by atoms with Crippen molar-refractivity contribution in [2.24, 2.45) is 0 Å². The standard InChI is InChI=1S/C14H22N2O4S2/c1-12-4-6-14(7-5-12)22(19,20)16-10-8-13(9-11-16)15(2)21(3,17)18/h4-7,13H,8-11H2,1-3H3. The summed E-state index contributed by atoms with van der Waals surface area (Å²) >= 11 is 0. The van der Waals surface area contributed by atoms with Gasteiger partial charge in [0.05, 0.1) is 11.2 Å². The summed E-state index contributed by atoms with van der Waals surface area (Å²) in [5, 5.41) is 0. The van der Waals surface area contributed by atoms with Crippen LogP contribution in [0.25, 0.3) is 0 Å². The fourth-order valence-corrected chi connectivity index (χ4v) is 4.80. The molecule has 1 saturated heterocycles. The van der Waals surface area contributed by atoms with Crippen LogP contribution in [0.15, 0.2) is 29.2 Å². The van der Waals surface area contributed by atoms with Crippen LogP contribution in [-0.4, -0.2) is 57.9 Å². The van der Waals surface area contributed by atoms with Crippen molar-refractivity contribution in [1.82, 2.24) is 8.61 Å². The number of sulfonamides is 2. The molecule has 0 atom stereocenters. The van der Waals surface area contributed by atoms with Gasteiger partial charge in [-0.1, -0.05) is 17.7 Å². The first-order valence-corrected chi connectivity index (χ1v) is 10.4. The molecule has 1 aromatic carbocycles. The maximum atomic E-state index is 12.6. The van der Waals surface area contributed by atoms with Crippen LogP contribution in [-0.2, 0) is 20.0 Å². The molecule has 0 aliphatic carbocycles. The Morgan fingerprint density at radius 1 is 1.05 bits per heavy atom. The van der Waals surface area contributed by atoms with Crippen LogP contribution in [0.2, 0.25) is 0 Å². The number of benzene rings is 1. The summed E-state index contributed by atoms with van der Waals surface area (Å²) in [5.41, 5.74) is 1.01. The van der Waals surface area contributed by atoms with E-state index in [1.54, 1.807) is 31.3 Å². The predicted octanol–water partition coefficient (Wildman–Crippen LogP) is 1.04. The quantitative estimate of drug-likeness (QED) is 0.816. The van der Waals surface area contributed by atoms with E-state index >= 15 is 0 Å². The van der Waals surface area contributed by atoms with Crippen LogP contribution in [0.4, 0.5) is 0 Å². The molecule has 22 heavy (non-hydrogen) atoms. The molecule has 6 nitrogen and oxygen atoms in total. The fourth-order valence-electron chi connectivity index (χ4n) is 2.58. The van der Waals surface area contributed by atoms with Gasteiger partial charge in [0.15, 0.2) is 0 Å². The summed E-state index contributed by atoms with van der Waals surface area (Å²) in [6, 6.07) is 6.63. The summed E-state index contributed by atoms with van der Waals surface area (Å²) < 4.78 is 51.0. The molecule has 0 saturated carbocycles. The van der Waals surface area contributed by atoms with Crippen LogP contribution in [0.5, 0.6) is 0 Å². The normalized spacial score (nSPS) is 18.7. The van der Waals surface area contributed by atoms with Gasteiger partial charge in [-0.3, -0.25) is 0 Å². The number of nitrogens with zero attached hydrogens (tertiary/aromatic N) is 2. The Morgan fingerprint density at radius 2 is 1.55 bits per heavy atom. The van der Waals surface area contributed by atoms with Gasteiger partial charge in [0, 0.05) is 26.2 Å². The molecule has 1 heterocycles. The molecule has 8 heteroatoms. The Kier molecular flexibility index (Phi) is 4.96. The lowest BCUT2D eigenvalue weighted by Crippen LogP contribution is -2.46. The van der Waals surface area contributed by atoms with Crippen LogP contribution < -0.4 is 0 Å². The third-order valence-corrected chi connectivity index (χ3v) is 7.38. The van der Waals surface area contributed by atoms with Crippen LogP contribution in [0.1, 0.15) is 18.4 Å². The molecular weight excluding hydrogens is 324 g/mol. The van der Waals surface area contributed by atoms with Crippen molar-refractivity contribution in [1.29, 1.82) is 0 Å². The van der Waals surface area contributed by atoms with Gasteiger partial charge in [0.25, 0.3) is 0 Å². The summed E-state index contributed by atoms with van der Waals surface area (Å²) in [6.45, 7) is 2.57. The van der Waals surface area contributed by atoms with Gasteiger partial charge in [0.1, 0.15) is 0 Å². The molecule has 1 aliphatic heterocycles. The highest BCUT2D eigenvalue weighted by atomic mass is 32.2. The number of hydrogen-bond acceptors (Lipinski definition) is 4. The van der Waals surface area contributed by atoms with E-state index in [-0.39, 0.29) is 10.9 Å². The van der Waals surface area contributed by atoms with Crippen molar-refractivity contribution in [2.75, 3.05) is 26.4 Å². The van der Waals surface area contributed by atoms with Gasteiger partial charge >= 0.3 is 0 Å². The Balaban J connectivity index is 2.09. The molecule has 0 unspecified atom stereocenters. The Bertz CT molecular complexity index is 719. The Labute approximate surface area is 132 Å². The predicted molar refractivity (Wildman–Crippen MR) is 85.6 cm³/mol. The minimum Gasteiger partial charge on any atom is -0.213 e. The molecule has 0 amide bonds. The van der Waals surface area contributed by atoms with Gasteiger partial charge in [-0.25, -0.2) is 21.1 Å². The first-order chi connectivity index (χ1) is 10.1. The van der Waals surface area contributed by atoms with E-state index in [4.69, 9.17) is 0 Å². The van der Waals surface area contributed by atoms with Crippen molar-refractivity contribution in [3.05, 3.63) is 29.8 Å². The minimum atomic E-state index is -3.50. The van der Waals surface area contributed by atoms with Crippen LogP contribution >= 0.6 is 0 Å². The highest BCUT2D eigenvalue weighted by molar-refractivity contribution is 7.89. The van der Waals surface area contributed by atoms with Crippen molar-refractivity contribution in [3.8, 4) is 0 Å². The number of rotatable bonds is 4. The highest BCUT2D eigenvalue weighted by Crippen LogP contribution is 2.23. The van der Waals surface area contributed by atoms with E-state index in [1.807, 2.05) is 6.92 Å². The number of aryl methyl sites for hydroxylation is 1. The summed E-state index contributed by atoms with van der Waals surface area (Å²) in [4.78, 5) is 0.285.